The average molecular weight is 709 g/mol. The molecule has 0 N–H and O–H groups in total. The Morgan fingerprint density at radius 1 is 0.196 bits per heavy atom. The first kappa shape index (κ1) is 32.2. The van der Waals surface area contributed by atoms with Crippen molar-refractivity contribution in [3.8, 4) is 55.6 Å². The molecule has 0 heterocycles. The molecule has 0 fully saturated rings. The maximum absolute atomic E-state index is 2.41. The molecule has 0 aliphatic heterocycles. The minimum absolute atomic E-state index is 1.20. The van der Waals surface area contributed by atoms with Gasteiger partial charge in [-0.3, -0.25) is 0 Å². The summed E-state index contributed by atoms with van der Waals surface area (Å²) in [6.07, 6.45) is 0. The third kappa shape index (κ3) is 5.15. The van der Waals surface area contributed by atoms with Crippen LogP contribution in [-0.4, -0.2) is 0 Å². The van der Waals surface area contributed by atoms with Crippen LogP contribution in [0.15, 0.2) is 218 Å². The molecule has 11 rings (SSSR count). The lowest BCUT2D eigenvalue weighted by molar-refractivity contribution is 1.57. The number of hydrogen-bond acceptors (Lipinski definition) is 0. The van der Waals surface area contributed by atoms with E-state index in [1.807, 2.05) is 0 Å². The molecule has 0 nitrogen and oxygen atoms in total. The largest absolute Gasteiger partial charge is 0.0622 e. The number of fused-ring (bicyclic) bond motifs is 6. The van der Waals surface area contributed by atoms with Crippen molar-refractivity contribution in [2.75, 3.05) is 0 Å². The van der Waals surface area contributed by atoms with Crippen LogP contribution in [-0.2, 0) is 0 Å². The summed E-state index contributed by atoms with van der Waals surface area (Å²) < 4.78 is 0. The Labute approximate surface area is 326 Å². The predicted molar refractivity (Wildman–Crippen MR) is 241 cm³/mol. The van der Waals surface area contributed by atoms with Crippen LogP contribution < -0.4 is 0 Å². The van der Waals surface area contributed by atoms with E-state index in [0.29, 0.717) is 0 Å². The molecule has 11 aromatic carbocycles. The third-order valence-corrected chi connectivity index (χ3v) is 11.6. The smallest absolute Gasteiger partial charge is 0.000741 e. The van der Waals surface area contributed by atoms with E-state index in [2.05, 4.69) is 218 Å². The molecule has 0 unspecified atom stereocenters. The highest BCUT2D eigenvalue weighted by molar-refractivity contribution is 6.28. The summed E-state index contributed by atoms with van der Waals surface area (Å²) >= 11 is 0. The number of benzene rings is 11. The monoisotopic (exact) mass is 708 g/mol. The van der Waals surface area contributed by atoms with Gasteiger partial charge in [0.2, 0.25) is 0 Å². The Kier molecular flexibility index (Phi) is 7.60. The van der Waals surface area contributed by atoms with Crippen molar-refractivity contribution < 1.29 is 0 Å². The molecule has 0 amide bonds. The zero-order valence-corrected chi connectivity index (χ0v) is 30.8. The van der Waals surface area contributed by atoms with Crippen molar-refractivity contribution in [1.29, 1.82) is 0 Å². The standard InChI is InChI=1S/C56H36/c1-3-17-37(18-4-1)44-28-13-14-30-47(44)55-52(40-21-5-2-6-22-40)53-46-29-12-10-20-39(46)33-34-50(53)54(56(55)48-31-15-25-38-19-9-11-27-45(38)48)49-32-16-26-43-35-41-23-7-8-24-42(41)36-51(43)49/h1-36H. The minimum Gasteiger partial charge on any atom is -0.0622 e. The second-order valence-corrected chi connectivity index (χ2v) is 14.7. The van der Waals surface area contributed by atoms with Gasteiger partial charge in [-0.15, -0.1) is 0 Å². The van der Waals surface area contributed by atoms with Gasteiger partial charge in [-0.1, -0.05) is 206 Å². The fraction of sp³-hybridized carbons (Fsp3) is 0. The molecule has 0 aliphatic rings. The van der Waals surface area contributed by atoms with Gasteiger partial charge >= 0.3 is 0 Å². The predicted octanol–water partition coefficient (Wildman–Crippen LogP) is 15.8. The SMILES string of the molecule is c1ccc(-c2ccccc2-c2c(-c3cccc4ccccc34)c(-c3cccc4cc5ccccc5cc34)c3ccc4ccccc4c3c2-c2ccccc2)cc1. The Morgan fingerprint density at radius 2 is 0.679 bits per heavy atom. The Hall–Kier alpha value is -7.28. The Morgan fingerprint density at radius 3 is 1.41 bits per heavy atom. The quantitative estimate of drug-likeness (QED) is 0.123. The minimum atomic E-state index is 1.20. The third-order valence-electron chi connectivity index (χ3n) is 11.6. The molecular formula is C56H36. The zero-order chi connectivity index (χ0) is 37.0. The molecule has 260 valence electrons. The number of hydrogen-bond donors (Lipinski definition) is 0. The van der Waals surface area contributed by atoms with Crippen LogP contribution in [0.5, 0.6) is 0 Å². The van der Waals surface area contributed by atoms with Gasteiger partial charge in [0.1, 0.15) is 0 Å². The lowest BCUT2D eigenvalue weighted by Crippen LogP contribution is -2.00. The molecule has 0 radical (unpaired) electrons. The van der Waals surface area contributed by atoms with Crippen LogP contribution in [0, 0.1) is 0 Å². The zero-order valence-electron chi connectivity index (χ0n) is 30.8. The molecule has 0 aliphatic carbocycles. The van der Waals surface area contributed by atoms with Gasteiger partial charge in [0, 0.05) is 0 Å². The van der Waals surface area contributed by atoms with Gasteiger partial charge in [-0.05, 0) is 122 Å². The maximum atomic E-state index is 2.41. The van der Waals surface area contributed by atoms with Crippen LogP contribution in [0.2, 0.25) is 0 Å². The van der Waals surface area contributed by atoms with E-state index in [0.717, 1.165) is 0 Å². The van der Waals surface area contributed by atoms with Gasteiger partial charge in [-0.25, -0.2) is 0 Å². The highest BCUT2D eigenvalue weighted by Gasteiger charge is 2.28. The highest BCUT2D eigenvalue weighted by atomic mass is 14.3. The number of rotatable bonds is 5. The second-order valence-electron chi connectivity index (χ2n) is 14.7. The van der Waals surface area contributed by atoms with Gasteiger partial charge in [-0.2, -0.15) is 0 Å². The summed E-state index contributed by atoms with van der Waals surface area (Å²) in [7, 11) is 0. The van der Waals surface area contributed by atoms with E-state index in [4.69, 9.17) is 0 Å². The van der Waals surface area contributed by atoms with Gasteiger partial charge < -0.3 is 0 Å². The summed E-state index contributed by atoms with van der Waals surface area (Å²) in [5.41, 5.74) is 12.2. The lowest BCUT2D eigenvalue weighted by atomic mass is 9.75. The first-order valence-electron chi connectivity index (χ1n) is 19.4. The Bertz CT molecular complexity index is 3280. The van der Waals surface area contributed by atoms with E-state index in [1.54, 1.807) is 0 Å². The molecule has 0 aromatic heterocycles. The van der Waals surface area contributed by atoms with Crippen molar-refractivity contribution in [1.82, 2.24) is 0 Å². The summed E-state index contributed by atoms with van der Waals surface area (Å²) in [5.74, 6) is 0. The molecule has 0 bridgehead atoms. The fourth-order valence-electron chi connectivity index (χ4n) is 9.17. The lowest BCUT2D eigenvalue weighted by Gasteiger charge is -2.27. The molecule has 0 saturated carbocycles. The van der Waals surface area contributed by atoms with Crippen LogP contribution in [0.3, 0.4) is 0 Å². The summed E-state index contributed by atoms with van der Waals surface area (Å²) in [6, 6.07) is 80.7. The summed E-state index contributed by atoms with van der Waals surface area (Å²) in [4.78, 5) is 0. The molecule has 0 atom stereocenters. The molecule has 0 spiro atoms. The van der Waals surface area contributed by atoms with Crippen LogP contribution in [0.1, 0.15) is 0 Å². The maximum Gasteiger partial charge on any atom is -0.000741 e. The fourth-order valence-corrected chi connectivity index (χ4v) is 9.17. The Balaban J connectivity index is 1.46. The van der Waals surface area contributed by atoms with Crippen molar-refractivity contribution in [3.63, 3.8) is 0 Å². The molecule has 56 heavy (non-hydrogen) atoms. The van der Waals surface area contributed by atoms with Crippen LogP contribution in [0.25, 0.3) is 109 Å². The second kappa shape index (κ2) is 13.2. The van der Waals surface area contributed by atoms with E-state index in [-0.39, 0.29) is 0 Å². The molecule has 0 heteroatoms. The first-order valence-corrected chi connectivity index (χ1v) is 19.4. The summed E-state index contributed by atoms with van der Waals surface area (Å²) in [5, 5.41) is 12.4. The van der Waals surface area contributed by atoms with E-state index in [1.165, 1.54) is 109 Å². The molecular weight excluding hydrogens is 673 g/mol. The molecule has 11 aromatic rings. The van der Waals surface area contributed by atoms with Crippen LogP contribution in [0.4, 0.5) is 0 Å². The van der Waals surface area contributed by atoms with Crippen molar-refractivity contribution in [2.45, 2.75) is 0 Å². The van der Waals surface area contributed by atoms with Gasteiger partial charge in [0.25, 0.3) is 0 Å². The average Bonchev–Trinajstić information content (AvgIpc) is 3.27. The van der Waals surface area contributed by atoms with E-state index < -0.39 is 0 Å². The first-order chi connectivity index (χ1) is 27.8. The van der Waals surface area contributed by atoms with Gasteiger partial charge in [0.15, 0.2) is 0 Å². The summed E-state index contributed by atoms with van der Waals surface area (Å²) in [6.45, 7) is 0. The van der Waals surface area contributed by atoms with Crippen LogP contribution >= 0.6 is 0 Å². The highest BCUT2D eigenvalue weighted by Crippen LogP contribution is 2.55. The van der Waals surface area contributed by atoms with Crippen molar-refractivity contribution in [2.24, 2.45) is 0 Å². The van der Waals surface area contributed by atoms with E-state index >= 15 is 0 Å². The van der Waals surface area contributed by atoms with E-state index in [9.17, 15) is 0 Å². The molecule has 0 saturated heterocycles. The normalized spacial score (nSPS) is 11.6. The van der Waals surface area contributed by atoms with Crippen molar-refractivity contribution in [3.05, 3.63) is 218 Å². The topological polar surface area (TPSA) is 0 Å². The van der Waals surface area contributed by atoms with Crippen molar-refractivity contribution >= 4 is 53.9 Å². The van der Waals surface area contributed by atoms with Gasteiger partial charge in [0.05, 0.1) is 0 Å².